The predicted molar refractivity (Wildman–Crippen MR) is 107 cm³/mol. The van der Waals surface area contributed by atoms with Crippen LogP contribution < -0.4 is 10.2 Å². The molecule has 2 aliphatic heterocycles. The van der Waals surface area contributed by atoms with E-state index in [0.29, 0.717) is 11.8 Å². The normalized spacial score (nSPS) is 22.0. The lowest BCUT2D eigenvalue weighted by Crippen LogP contribution is -2.48. The summed E-state index contributed by atoms with van der Waals surface area (Å²) in [4.78, 5) is 16.7. The van der Waals surface area contributed by atoms with Gasteiger partial charge in [0.25, 0.3) is 0 Å². The van der Waals surface area contributed by atoms with Crippen molar-refractivity contribution < 1.29 is 4.79 Å². The first-order chi connectivity index (χ1) is 12.9. The molecule has 1 aromatic heterocycles. The highest BCUT2D eigenvalue weighted by molar-refractivity contribution is 5.75. The zero-order chi connectivity index (χ0) is 19.0. The van der Waals surface area contributed by atoms with Gasteiger partial charge in [-0.1, -0.05) is 30.3 Å². The van der Waals surface area contributed by atoms with Crippen LogP contribution in [0.3, 0.4) is 0 Å². The van der Waals surface area contributed by atoms with Crippen LogP contribution in [0.4, 0.5) is 10.6 Å². The molecule has 0 spiro atoms. The Bertz CT molecular complexity index is 786. The molecule has 2 saturated heterocycles. The lowest BCUT2D eigenvalue weighted by Gasteiger charge is -2.27. The molecule has 2 amide bonds. The van der Waals surface area contributed by atoms with Gasteiger partial charge in [0, 0.05) is 49.1 Å². The molecule has 6 nitrogen and oxygen atoms in total. The van der Waals surface area contributed by atoms with E-state index in [1.54, 1.807) is 0 Å². The van der Waals surface area contributed by atoms with E-state index in [-0.39, 0.29) is 11.6 Å². The minimum absolute atomic E-state index is 0.0513. The Labute approximate surface area is 160 Å². The van der Waals surface area contributed by atoms with E-state index < -0.39 is 0 Å². The van der Waals surface area contributed by atoms with Gasteiger partial charge < -0.3 is 15.1 Å². The van der Waals surface area contributed by atoms with Crippen LogP contribution in [0.25, 0.3) is 11.3 Å². The van der Waals surface area contributed by atoms with E-state index in [0.717, 1.165) is 43.3 Å². The first kappa shape index (κ1) is 17.8. The highest BCUT2D eigenvalue weighted by atomic mass is 16.2. The minimum Gasteiger partial charge on any atom is -0.354 e. The third-order valence-corrected chi connectivity index (χ3v) is 5.30. The topological polar surface area (TPSA) is 61.4 Å². The Balaban J connectivity index is 1.37. The number of urea groups is 1. The smallest absolute Gasteiger partial charge is 0.317 e. The third kappa shape index (κ3) is 3.89. The lowest BCUT2D eigenvalue weighted by atomic mass is 10.0. The number of hydrogen-bond acceptors (Lipinski definition) is 4. The van der Waals surface area contributed by atoms with Gasteiger partial charge >= 0.3 is 6.03 Å². The van der Waals surface area contributed by atoms with Crippen molar-refractivity contribution in [2.24, 2.45) is 11.8 Å². The second-order valence-corrected chi connectivity index (χ2v) is 8.65. The lowest BCUT2D eigenvalue weighted by molar-refractivity contribution is 0.196. The fourth-order valence-electron chi connectivity index (χ4n) is 4.00. The van der Waals surface area contributed by atoms with Crippen molar-refractivity contribution in [2.45, 2.75) is 26.3 Å². The zero-order valence-corrected chi connectivity index (χ0v) is 16.2. The van der Waals surface area contributed by atoms with Crippen molar-refractivity contribution >= 4 is 11.8 Å². The summed E-state index contributed by atoms with van der Waals surface area (Å²) < 4.78 is 0. The Morgan fingerprint density at radius 1 is 0.963 bits per heavy atom. The highest BCUT2D eigenvalue weighted by Crippen LogP contribution is 2.33. The first-order valence-corrected chi connectivity index (χ1v) is 9.60. The van der Waals surface area contributed by atoms with Crippen molar-refractivity contribution in [1.29, 1.82) is 0 Å². The quantitative estimate of drug-likeness (QED) is 0.889. The van der Waals surface area contributed by atoms with E-state index in [1.165, 1.54) is 0 Å². The SMILES string of the molecule is CC(C)(C)NC(=O)N1CC2CN(c3ccc(-c4ccccc4)nn3)CC2C1. The molecule has 2 atom stereocenters. The molecule has 27 heavy (non-hydrogen) atoms. The second-order valence-electron chi connectivity index (χ2n) is 8.65. The van der Waals surface area contributed by atoms with Crippen LogP contribution >= 0.6 is 0 Å². The number of carbonyl (C=O) groups excluding carboxylic acids is 1. The predicted octanol–water partition coefficient (Wildman–Crippen LogP) is 3.02. The average Bonchev–Trinajstić information content (AvgIpc) is 3.20. The van der Waals surface area contributed by atoms with E-state index >= 15 is 0 Å². The molecule has 0 aliphatic carbocycles. The molecule has 3 heterocycles. The number of aromatic nitrogens is 2. The van der Waals surface area contributed by atoms with Crippen molar-refractivity contribution in [3.8, 4) is 11.3 Å². The second kappa shape index (κ2) is 6.83. The number of carbonyl (C=O) groups is 1. The Morgan fingerprint density at radius 2 is 1.63 bits per heavy atom. The van der Waals surface area contributed by atoms with Crippen LogP contribution in [0.1, 0.15) is 20.8 Å². The van der Waals surface area contributed by atoms with Gasteiger partial charge in [0.1, 0.15) is 0 Å². The molecular formula is C21H27N5O. The monoisotopic (exact) mass is 365 g/mol. The summed E-state index contributed by atoms with van der Waals surface area (Å²) >= 11 is 0. The maximum atomic E-state index is 12.4. The molecule has 2 aromatic rings. The highest BCUT2D eigenvalue weighted by Gasteiger charge is 2.42. The minimum atomic E-state index is -0.198. The van der Waals surface area contributed by atoms with Crippen LogP contribution in [-0.4, -0.2) is 52.8 Å². The zero-order valence-electron chi connectivity index (χ0n) is 16.2. The summed E-state index contributed by atoms with van der Waals surface area (Å²) in [5.41, 5.74) is 1.77. The van der Waals surface area contributed by atoms with Crippen molar-refractivity contribution in [3.05, 3.63) is 42.5 Å². The molecule has 1 aromatic carbocycles. The van der Waals surface area contributed by atoms with E-state index in [2.05, 4.69) is 26.5 Å². The molecule has 4 rings (SSSR count). The van der Waals surface area contributed by atoms with Gasteiger partial charge in [-0.25, -0.2) is 4.79 Å². The number of benzene rings is 1. The largest absolute Gasteiger partial charge is 0.354 e. The number of anilines is 1. The van der Waals surface area contributed by atoms with Crippen LogP contribution in [0.15, 0.2) is 42.5 Å². The Morgan fingerprint density at radius 3 is 2.19 bits per heavy atom. The van der Waals surface area contributed by atoms with Crippen LogP contribution in [0, 0.1) is 11.8 Å². The van der Waals surface area contributed by atoms with Crippen LogP contribution in [-0.2, 0) is 0 Å². The number of amides is 2. The fraction of sp³-hybridized carbons (Fsp3) is 0.476. The molecule has 142 valence electrons. The van der Waals surface area contributed by atoms with Crippen LogP contribution in [0.2, 0.25) is 0 Å². The molecule has 0 radical (unpaired) electrons. The average molecular weight is 365 g/mol. The maximum Gasteiger partial charge on any atom is 0.317 e. The number of rotatable bonds is 2. The number of hydrogen-bond donors (Lipinski definition) is 1. The van der Waals surface area contributed by atoms with Crippen LogP contribution in [0.5, 0.6) is 0 Å². The van der Waals surface area contributed by atoms with Gasteiger partial charge in [0.15, 0.2) is 5.82 Å². The molecule has 1 N–H and O–H groups in total. The van der Waals surface area contributed by atoms with Gasteiger partial charge in [-0.05, 0) is 32.9 Å². The molecule has 6 heteroatoms. The molecule has 2 aliphatic rings. The van der Waals surface area contributed by atoms with Gasteiger partial charge in [-0.3, -0.25) is 0 Å². The van der Waals surface area contributed by atoms with Gasteiger partial charge in [-0.15, -0.1) is 10.2 Å². The third-order valence-electron chi connectivity index (χ3n) is 5.30. The van der Waals surface area contributed by atoms with Gasteiger partial charge in [0.2, 0.25) is 0 Å². The summed E-state index contributed by atoms with van der Waals surface area (Å²) in [7, 11) is 0. The molecular weight excluding hydrogens is 338 g/mol. The summed E-state index contributed by atoms with van der Waals surface area (Å²) in [5, 5.41) is 11.9. The molecule has 2 fully saturated rings. The van der Waals surface area contributed by atoms with Gasteiger partial charge in [-0.2, -0.15) is 0 Å². The molecule has 0 saturated carbocycles. The number of likely N-dealkylation sites (tertiary alicyclic amines) is 1. The number of nitrogens with zero attached hydrogens (tertiary/aromatic N) is 4. The summed E-state index contributed by atoms with van der Waals surface area (Å²) in [5.74, 6) is 1.94. The van der Waals surface area contributed by atoms with Crippen molar-refractivity contribution in [2.75, 3.05) is 31.1 Å². The number of nitrogens with one attached hydrogen (secondary N) is 1. The van der Waals surface area contributed by atoms with E-state index in [4.69, 9.17) is 0 Å². The van der Waals surface area contributed by atoms with Crippen molar-refractivity contribution in [1.82, 2.24) is 20.4 Å². The Kier molecular flexibility index (Phi) is 4.50. The van der Waals surface area contributed by atoms with Gasteiger partial charge in [0.05, 0.1) is 5.69 Å². The van der Waals surface area contributed by atoms with E-state index in [9.17, 15) is 4.79 Å². The first-order valence-electron chi connectivity index (χ1n) is 9.60. The summed E-state index contributed by atoms with van der Waals surface area (Å²) in [6, 6.07) is 14.2. The van der Waals surface area contributed by atoms with Crippen molar-refractivity contribution in [3.63, 3.8) is 0 Å². The Hall–Kier alpha value is -2.63. The summed E-state index contributed by atoms with van der Waals surface area (Å²) in [6.07, 6.45) is 0. The molecule has 2 unspecified atom stereocenters. The molecule has 0 bridgehead atoms. The number of fused-ring (bicyclic) bond motifs is 1. The maximum absolute atomic E-state index is 12.4. The fourth-order valence-corrected chi connectivity index (χ4v) is 4.00. The standard InChI is InChI=1S/C21H27N5O/c1-21(2,3)22-20(27)26-13-16-11-25(12-17(16)14-26)19-10-9-18(23-24-19)15-7-5-4-6-8-15/h4-10,16-17H,11-14H2,1-3H3,(H,22,27). The van der Waals surface area contributed by atoms with E-state index in [1.807, 2.05) is 62.1 Å². The summed E-state index contributed by atoms with van der Waals surface area (Å²) in [6.45, 7) is 9.55.